The molecule has 2 aromatic carbocycles. The van der Waals surface area contributed by atoms with Crippen molar-refractivity contribution in [3.63, 3.8) is 0 Å². The summed E-state index contributed by atoms with van der Waals surface area (Å²) in [6, 6.07) is 12.9. The van der Waals surface area contributed by atoms with E-state index < -0.39 is 42.1 Å². The van der Waals surface area contributed by atoms with Crippen molar-refractivity contribution in [2.45, 2.75) is 13.3 Å². The van der Waals surface area contributed by atoms with Crippen LogP contribution in [0, 0.1) is 12.8 Å². The molecule has 0 aromatic heterocycles. The fraction of sp³-hybridized carbons (Fsp3) is 0.227. The van der Waals surface area contributed by atoms with Crippen LogP contribution in [-0.2, 0) is 19.1 Å². The second-order valence-electron chi connectivity index (χ2n) is 7.28. The third-order valence-corrected chi connectivity index (χ3v) is 5.10. The first-order valence-corrected chi connectivity index (χ1v) is 10.3. The van der Waals surface area contributed by atoms with Gasteiger partial charge in [0.2, 0.25) is 5.91 Å². The lowest BCUT2D eigenvalue weighted by molar-refractivity contribution is -0.152. The number of nitrogens with zero attached hydrogens (tertiary/aromatic N) is 1. The van der Waals surface area contributed by atoms with Gasteiger partial charge in [-0.2, -0.15) is 0 Å². The molecule has 4 amide bonds. The quantitative estimate of drug-likeness (QED) is 0.426. The van der Waals surface area contributed by atoms with Crippen LogP contribution >= 0.6 is 11.6 Å². The first-order valence-electron chi connectivity index (χ1n) is 9.93. The minimum atomic E-state index is -0.842. The summed E-state index contributed by atoms with van der Waals surface area (Å²) in [6.45, 7) is 1.04. The standard InChI is InChI=1S/C22H21ClN4O6/c1-13-4-2-3-5-17(13)21(31)26-27-11-15(10-19(27)29)22(32)33-12-18(28)24-25-20(30)14-6-8-16(23)9-7-14/h2-9,15H,10-12H2,1H3,(H,24,28)(H,25,30)(H,26,31)/t15-/m0/s1. The monoisotopic (exact) mass is 472 g/mol. The number of nitrogens with one attached hydrogen (secondary N) is 3. The Balaban J connectivity index is 1.43. The highest BCUT2D eigenvalue weighted by atomic mass is 35.5. The maximum absolute atomic E-state index is 12.4. The molecule has 1 fully saturated rings. The Hall–Kier alpha value is -3.92. The lowest BCUT2D eigenvalue weighted by Crippen LogP contribution is -2.44. The Kier molecular flexibility index (Phi) is 7.62. The zero-order valence-corrected chi connectivity index (χ0v) is 18.3. The van der Waals surface area contributed by atoms with Gasteiger partial charge in [-0.15, -0.1) is 0 Å². The lowest BCUT2D eigenvalue weighted by atomic mass is 10.1. The van der Waals surface area contributed by atoms with Crippen LogP contribution in [0.15, 0.2) is 48.5 Å². The number of benzene rings is 2. The van der Waals surface area contributed by atoms with E-state index in [0.717, 1.165) is 10.6 Å². The van der Waals surface area contributed by atoms with E-state index in [0.29, 0.717) is 10.6 Å². The predicted molar refractivity (Wildman–Crippen MR) is 116 cm³/mol. The van der Waals surface area contributed by atoms with E-state index in [-0.39, 0.29) is 18.5 Å². The molecular formula is C22H21ClN4O6. The summed E-state index contributed by atoms with van der Waals surface area (Å²) >= 11 is 5.75. The van der Waals surface area contributed by atoms with Crippen molar-refractivity contribution in [2.24, 2.45) is 5.92 Å². The number of carbonyl (C=O) groups is 5. The molecule has 2 aromatic rings. The number of ether oxygens (including phenoxy) is 1. The van der Waals surface area contributed by atoms with Gasteiger partial charge in [-0.1, -0.05) is 29.8 Å². The van der Waals surface area contributed by atoms with Gasteiger partial charge in [0.05, 0.1) is 12.5 Å². The molecule has 1 saturated heterocycles. The van der Waals surface area contributed by atoms with E-state index in [9.17, 15) is 24.0 Å². The number of hydrogen-bond donors (Lipinski definition) is 3. The van der Waals surface area contributed by atoms with Crippen molar-refractivity contribution in [3.05, 3.63) is 70.2 Å². The highest BCUT2D eigenvalue weighted by Gasteiger charge is 2.36. The predicted octanol–water partition coefficient (Wildman–Crippen LogP) is 1.15. The van der Waals surface area contributed by atoms with Gasteiger partial charge in [-0.05, 0) is 42.8 Å². The molecule has 0 saturated carbocycles. The third-order valence-electron chi connectivity index (χ3n) is 4.85. The minimum absolute atomic E-state index is 0.0792. The molecule has 3 N–H and O–H groups in total. The van der Waals surface area contributed by atoms with E-state index >= 15 is 0 Å². The van der Waals surface area contributed by atoms with Gasteiger partial charge in [0.1, 0.15) is 0 Å². The SMILES string of the molecule is Cc1ccccc1C(=O)NN1C[C@@H](C(=O)OCC(=O)NNC(=O)c2ccc(Cl)cc2)CC1=O. The fourth-order valence-corrected chi connectivity index (χ4v) is 3.20. The molecule has 0 radical (unpaired) electrons. The van der Waals surface area contributed by atoms with Crippen molar-refractivity contribution in [1.82, 2.24) is 21.3 Å². The summed E-state index contributed by atoms with van der Waals surface area (Å²) in [5, 5.41) is 1.52. The van der Waals surface area contributed by atoms with E-state index in [1.165, 1.54) is 24.3 Å². The van der Waals surface area contributed by atoms with Crippen LogP contribution in [0.4, 0.5) is 0 Å². The summed E-state index contributed by atoms with van der Waals surface area (Å²) in [6.07, 6.45) is -0.165. The highest BCUT2D eigenvalue weighted by molar-refractivity contribution is 6.30. The number of carbonyl (C=O) groups excluding carboxylic acids is 5. The summed E-state index contributed by atoms with van der Waals surface area (Å²) in [5.74, 6) is -3.86. The molecule has 11 heteroatoms. The Labute approximate surface area is 194 Å². The van der Waals surface area contributed by atoms with Crippen molar-refractivity contribution in [1.29, 1.82) is 0 Å². The normalized spacial score (nSPS) is 15.0. The topological polar surface area (TPSA) is 134 Å². The van der Waals surface area contributed by atoms with Crippen LogP contribution in [0.25, 0.3) is 0 Å². The zero-order chi connectivity index (χ0) is 24.0. The Bertz CT molecular complexity index is 1090. The van der Waals surface area contributed by atoms with E-state index in [2.05, 4.69) is 16.3 Å². The molecule has 172 valence electrons. The van der Waals surface area contributed by atoms with E-state index in [4.69, 9.17) is 16.3 Å². The van der Waals surface area contributed by atoms with Gasteiger partial charge in [0.15, 0.2) is 6.61 Å². The average molecular weight is 473 g/mol. The molecule has 33 heavy (non-hydrogen) atoms. The van der Waals surface area contributed by atoms with Gasteiger partial charge in [0, 0.05) is 22.6 Å². The largest absolute Gasteiger partial charge is 0.455 e. The summed E-state index contributed by atoms with van der Waals surface area (Å²) < 4.78 is 4.94. The molecule has 1 aliphatic heterocycles. The molecule has 10 nitrogen and oxygen atoms in total. The number of amides is 4. The van der Waals surface area contributed by atoms with Crippen LogP contribution in [0.5, 0.6) is 0 Å². The van der Waals surface area contributed by atoms with Gasteiger partial charge in [-0.3, -0.25) is 45.3 Å². The Morgan fingerprint density at radius 2 is 1.73 bits per heavy atom. The van der Waals surface area contributed by atoms with Gasteiger partial charge < -0.3 is 4.74 Å². The second kappa shape index (κ2) is 10.6. The molecule has 0 unspecified atom stereocenters. The van der Waals surface area contributed by atoms with Crippen LogP contribution in [0.1, 0.15) is 32.7 Å². The smallest absolute Gasteiger partial charge is 0.311 e. The lowest BCUT2D eigenvalue weighted by Gasteiger charge is -2.18. The molecule has 0 spiro atoms. The first kappa shape index (κ1) is 23.7. The highest BCUT2D eigenvalue weighted by Crippen LogP contribution is 2.18. The van der Waals surface area contributed by atoms with Crippen LogP contribution < -0.4 is 16.3 Å². The second-order valence-corrected chi connectivity index (χ2v) is 7.71. The van der Waals surface area contributed by atoms with Crippen molar-refractivity contribution >= 4 is 41.2 Å². The van der Waals surface area contributed by atoms with E-state index in [1.54, 1.807) is 31.2 Å². The summed E-state index contributed by atoms with van der Waals surface area (Å²) in [4.78, 5) is 60.6. The maximum Gasteiger partial charge on any atom is 0.311 e. The van der Waals surface area contributed by atoms with Gasteiger partial charge in [0.25, 0.3) is 17.7 Å². The van der Waals surface area contributed by atoms with Gasteiger partial charge in [-0.25, -0.2) is 0 Å². The fourth-order valence-electron chi connectivity index (χ4n) is 3.07. The zero-order valence-electron chi connectivity index (χ0n) is 17.6. The Morgan fingerprint density at radius 1 is 1.03 bits per heavy atom. The Morgan fingerprint density at radius 3 is 2.42 bits per heavy atom. The molecule has 1 heterocycles. The minimum Gasteiger partial charge on any atom is -0.455 e. The van der Waals surface area contributed by atoms with Gasteiger partial charge >= 0.3 is 5.97 Å². The van der Waals surface area contributed by atoms with Crippen molar-refractivity contribution < 1.29 is 28.7 Å². The number of halogens is 1. The van der Waals surface area contributed by atoms with Crippen LogP contribution in [-0.4, -0.2) is 47.8 Å². The average Bonchev–Trinajstić information content (AvgIpc) is 3.16. The van der Waals surface area contributed by atoms with Crippen LogP contribution in [0.2, 0.25) is 5.02 Å². The third kappa shape index (κ3) is 6.30. The first-order chi connectivity index (χ1) is 15.7. The maximum atomic E-state index is 12.4. The van der Waals surface area contributed by atoms with Crippen LogP contribution in [0.3, 0.4) is 0 Å². The van der Waals surface area contributed by atoms with Crippen molar-refractivity contribution in [2.75, 3.05) is 13.2 Å². The number of hydrogen-bond acceptors (Lipinski definition) is 6. The molecule has 3 rings (SSSR count). The number of aryl methyl sites for hydroxylation is 1. The molecular weight excluding hydrogens is 452 g/mol. The van der Waals surface area contributed by atoms with Crippen molar-refractivity contribution in [3.8, 4) is 0 Å². The molecule has 1 atom stereocenters. The molecule has 0 aliphatic carbocycles. The number of esters is 1. The summed E-state index contributed by atoms with van der Waals surface area (Å²) in [5.41, 5.74) is 8.22. The molecule has 0 bridgehead atoms. The number of rotatable bonds is 6. The van der Waals surface area contributed by atoms with E-state index in [1.807, 2.05) is 0 Å². The molecule has 1 aliphatic rings. The number of hydrazine groups is 2. The summed E-state index contributed by atoms with van der Waals surface area (Å²) in [7, 11) is 0.